The minimum atomic E-state index is -3.89. The number of nitrogens with one attached hydrogen (secondary N) is 1. The number of hydrogen-bond acceptors (Lipinski definition) is 6. The molecule has 0 saturated carbocycles. The number of rotatable bonds is 6. The second-order valence-electron chi connectivity index (χ2n) is 5.53. The summed E-state index contributed by atoms with van der Waals surface area (Å²) in [6.45, 7) is 2.47. The number of likely N-dealkylation sites (N-methyl/N-ethyl adjacent to an activating group) is 1. The number of methoxy groups -OCH3 is 2. The Bertz CT molecular complexity index is 684. The number of carbonyl (C=O) groups is 1. The second-order valence-corrected chi connectivity index (χ2v) is 7.26. The molecule has 0 spiro atoms. The fourth-order valence-electron chi connectivity index (χ4n) is 2.40. The van der Waals surface area contributed by atoms with Crippen molar-refractivity contribution in [3.8, 4) is 11.5 Å². The highest BCUT2D eigenvalue weighted by Crippen LogP contribution is 2.27. The number of ether oxygens (including phenoxy) is 2. The Kier molecular flexibility index (Phi) is 6.03. The zero-order valence-electron chi connectivity index (χ0n) is 14.1. The number of sulfonamides is 1. The van der Waals surface area contributed by atoms with Crippen LogP contribution in [0.15, 0.2) is 23.1 Å². The Labute approximate surface area is 142 Å². The predicted octanol–water partition coefficient (Wildman–Crippen LogP) is -0.244. The largest absolute Gasteiger partial charge is 0.497 e. The quantitative estimate of drug-likeness (QED) is 0.756. The molecule has 1 heterocycles. The molecule has 9 heteroatoms. The highest BCUT2D eigenvalue weighted by Gasteiger charge is 2.24. The molecule has 1 saturated heterocycles. The lowest BCUT2D eigenvalue weighted by atomic mass is 10.3. The van der Waals surface area contributed by atoms with Crippen molar-refractivity contribution in [2.45, 2.75) is 4.90 Å². The van der Waals surface area contributed by atoms with Crippen LogP contribution >= 0.6 is 0 Å². The normalized spacial score (nSPS) is 16.0. The van der Waals surface area contributed by atoms with Crippen molar-refractivity contribution in [2.75, 3.05) is 54.0 Å². The van der Waals surface area contributed by atoms with Gasteiger partial charge >= 0.3 is 0 Å². The zero-order chi connectivity index (χ0) is 17.7. The summed E-state index contributed by atoms with van der Waals surface area (Å²) in [6, 6.07) is 4.48. The van der Waals surface area contributed by atoms with Crippen LogP contribution in [0.5, 0.6) is 11.5 Å². The lowest BCUT2D eigenvalue weighted by molar-refractivity contribution is -0.131. The molecule has 8 nitrogen and oxygen atoms in total. The van der Waals surface area contributed by atoms with Crippen molar-refractivity contribution in [2.24, 2.45) is 0 Å². The van der Waals surface area contributed by atoms with Gasteiger partial charge in [-0.3, -0.25) is 4.79 Å². The molecule has 1 N–H and O–H groups in total. The molecule has 134 valence electrons. The highest BCUT2D eigenvalue weighted by atomic mass is 32.2. The Morgan fingerprint density at radius 2 is 1.83 bits per heavy atom. The van der Waals surface area contributed by atoms with Crippen LogP contribution in [0.1, 0.15) is 0 Å². The Morgan fingerprint density at radius 1 is 1.17 bits per heavy atom. The van der Waals surface area contributed by atoms with Crippen LogP contribution < -0.4 is 14.2 Å². The number of piperazine rings is 1. The smallest absolute Gasteiger partial charge is 0.244 e. The zero-order valence-corrected chi connectivity index (χ0v) is 14.9. The average molecular weight is 357 g/mol. The van der Waals surface area contributed by atoms with E-state index in [-0.39, 0.29) is 23.1 Å². The fraction of sp³-hybridized carbons (Fsp3) is 0.533. The van der Waals surface area contributed by atoms with E-state index in [0.717, 1.165) is 13.1 Å². The number of nitrogens with zero attached hydrogens (tertiary/aromatic N) is 2. The summed E-state index contributed by atoms with van der Waals surface area (Å²) in [5, 5.41) is 0. The average Bonchev–Trinajstić information content (AvgIpc) is 2.59. The molecule has 0 aliphatic carbocycles. The fourth-order valence-corrected chi connectivity index (χ4v) is 3.55. The molecule has 0 aromatic heterocycles. The maximum Gasteiger partial charge on any atom is 0.244 e. The first-order valence-electron chi connectivity index (χ1n) is 7.55. The van der Waals surface area contributed by atoms with E-state index in [1.54, 1.807) is 11.0 Å². The molecule has 0 bridgehead atoms. The molecule has 2 rings (SSSR count). The first-order chi connectivity index (χ1) is 11.4. The third kappa shape index (κ3) is 4.37. The lowest BCUT2D eigenvalue weighted by Gasteiger charge is -2.32. The summed E-state index contributed by atoms with van der Waals surface area (Å²) in [6.07, 6.45) is 0. The van der Waals surface area contributed by atoms with Crippen molar-refractivity contribution < 1.29 is 22.7 Å². The van der Waals surface area contributed by atoms with Gasteiger partial charge in [0.2, 0.25) is 15.9 Å². The summed E-state index contributed by atoms with van der Waals surface area (Å²) in [4.78, 5) is 15.9. The first kappa shape index (κ1) is 18.5. The number of amides is 1. The maximum absolute atomic E-state index is 12.5. The van der Waals surface area contributed by atoms with Gasteiger partial charge in [-0.1, -0.05) is 0 Å². The molecule has 1 aromatic carbocycles. The Morgan fingerprint density at radius 3 is 2.42 bits per heavy atom. The monoisotopic (exact) mass is 357 g/mol. The molecule has 1 aliphatic heterocycles. The molecule has 1 amide bonds. The van der Waals surface area contributed by atoms with Gasteiger partial charge in [-0.15, -0.1) is 0 Å². The van der Waals surface area contributed by atoms with Crippen molar-refractivity contribution in [1.82, 2.24) is 14.5 Å². The summed E-state index contributed by atoms with van der Waals surface area (Å²) < 4.78 is 37.5. The predicted molar refractivity (Wildman–Crippen MR) is 88.8 cm³/mol. The number of hydrogen-bond donors (Lipinski definition) is 1. The minimum Gasteiger partial charge on any atom is -0.497 e. The van der Waals surface area contributed by atoms with Crippen LogP contribution in [0.4, 0.5) is 0 Å². The molecule has 1 aromatic rings. The van der Waals surface area contributed by atoms with Gasteiger partial charge in [0, 0.05) is 32.2 Å². The van der Waals surface area contributed by atoms with E-state index in [1.807, 2.05) is 7.05 Å². The number of benzene rings is 1. The van der Waals surface area contributed by atoms with Crippen LogP contribution in [0.25, 0.3) is 0 Å². The van der Waals surface area contributed by atoms with E-state index in [1.165, 1.54) is 26.4 Å². The summed E-state index contributed by atoms with van der Waals surface area (Å²) in [7, 11) is 0.925. The van der Waals surface area contributed by atoms with Gasteiger partial charge in [0.1, 0.15) is 16.4 Å². The Balaban J connectivity index is 2.07. The first-order valence-corrected chi connectivity index (χ1v) is 9.03. The van der Waals surface area contributed by atoms with Crippen LogP contribution in [0.3, 0.4) is 0 Å². The summed E-state index contributed by atoms with van der Waals surface area (Å²) in [5.74, 6) is 0.338. The van der Waals surface area contributed by atoms with Gasteiger partial charge in [0.25, 0.3) is 0 Å². The van der Waals surface area contributed by atoms with Crippen molar-refractivity contribution in [3.63, 3.8) is 0 Å². The van der Waals surface area contributed by atoms with E-state index in [2.05, 4.69) is 9.62 Å². The van der Waals surface area contributed by atoms with Crippen LogP contribution in [-0.2, 0) is 14.8 Å². The molecule has 0 unspecified atom stereocenters. The maximum atomic E-state index is 12.5. The molecule has 0 radical (unpaired) electrons. The van der Waals surface area contributed by atoms with Gasteiger partial charge < -0.3 is 19.3 Å². The minimum absolute atomic E-state index is 0.0597. The molecule has 24 heavy (non-hydrogen) atoms. The van der Waals surface area contributed by atoms with Crippen LogP contribution in [-0.4, -0.2) is 78.1 Å². The molecule has 1 aliphatic rings. The van der Waals surface area contributed by atoms with E-state index in [4.69, 9.17) is 9.47 Å². The lowest BCUT2D eigenvalue weighted by Crippen LogP contribution is -2.50. The van der Waals surface area contributed by atoms with Crippen LogP contribution in [0, 0.1) is 0 Å². The molecular weight excluding hydrogens is 334 g/mol. The van der Waals surface area contributed by atoms with E-state index in [9.17, 15) is 13.2 Å². The van der Waals surface area contributed by atoms with Gasteiger partial charge in [-0.25, -0.2) is 13.1 Å². The van der Waals surface area contributed by atoms with Gasteiger partial charge in [-0.2, -0.15) is 0 Å². The van der Waals surface area contributed by atoms with E-state index >= 15 is 0 Å². The Hall–Kier alpha value is -1.84. The number of carbonyl (C=O) groups excluding carboxylic acids is 1. The van der Waals surface area contributed by atoms with Crippen LogP contribution in [0.2, 0.25) is 0 Å². The van der Waals surface area contributed by atoms with Crippen molar-refractivity contribution >= 4 is 15.9 Å². The summed E-state index contributed by atoms with van der Waals surface area (Å²) in [5.41, 5.74) is 0. The molecular formula is C15H23N3O5S. The highest BCUT2D eigenvalue weighted by molar-refractivity contribution is 7.89. The summed E-state index contributed by atoms with van der Waals surface area (Å²) >= 11 is 0. The van der Waals surface area contributed by atoms with Gasteiger partial charge in [0.15, 0.2) is 0 Å². The molecule has 1 fully saturated rings. The second kappa shape index (κ2) is 7.82. The SMILES string of the molecule is COc1ccc(OC)c(S(=O)(=O)NCC(=O)N2CCN(C)CC2)c1. The molecule has 0 atom stereocenters. The van der Waals surface area contributed by atoms with Gasteiger partial charge in [-0.05, 0) is 19.2 Å². The van der Waals surface area contributed by atoms with Gasteiger partial charge in [0.05, 0.1) is 20.8 Å². The van der Waals surface area contributed by atoms with E-state index < -0.39 is 10.0 Å². The van der Waals surface area contributed by atoms with Crippen molar-refractivity contribution in [3.05, 3.63) is 18.2 Å². The topological polar surface area (TPSA) is 88.2 Å². The van der Waals surface area contributed by atoms with E-state index in [0.29, 0.717) is 18.8 Å². The standard InChI is InChI=1S/C15H23N3O5S/c1-17-6-8-18(9-7-17)15(19)11-16-24(20,21)14-10-12(22-2)4-5-13(14)23-3/h4-5,10,16H,6-9,11H2,1-3H3. The third-order valence-electron chi connectivity index (χ3n) is 3.93. The third-order valence-corrected chi connectivity index (χ3v) is 5.35. The van der Waals surface area contributed by atoms with Crippen molar-refractivity contribution in [1.29, 1.82) is 0 Å².